The second kappa shape index (κ2) is 50.6. The molecule has 0 aliphatic carbocycles. The molecule has 2 unspecified atom stereocenters. The van der Waals surface area contributed by atoms with Crippen molar-refractivity contribution in [2.75, 3.05) is 47.5 Å². The molecule has 0 saturated carbocycles. The lowest BCUT2D eigenvalue weighted by molar-refractivity contribution is -0.870. The molecule has 1 N–H and O–H groups in total. The molecular formula is C59H109NO8P+. The normalized spacial score (nSPS) is 13.8. The van der Waals surface area contributed by atoms with Crippen molar-refractivity contribution in [2.24, 2.45) is 0 Å². The van der Waals surface area contributed by atoms with Crippen LogP contribution in [0.4, 0.5) is 0 Å². The van der Waals surface area contributed by atoms with Gasteiger partial charge in [-0.25, -0.2) is 4.57 Å². The number of unbranched alkanes of at least 4 members (excludes halogenated alkanes) is 28. The van der Waals surface area contributed by atoms with Gasteiger partial charge in [-0.3, -0.25) is 18.6 Å². The second-order valence-electron chi connectivity index (χ2n) is 20.3. The summed E-state index contributed by atoms with van der Waals surface area (Å²) >= 11 is 0. The number of hydrogen-bond donors (Lipinski definition) is 1. The van der Waals surface area contributed by atoms with Crippen LogP contribution in [0.3, 0.4) is 0 Å². The first-order valence-corrected chi connectivity index (χ1v) is 30.0. The summed E-state index contributed by atoms with van der Waals surface area (Å²) in [6.45, 7) is 4.33. The van der Waals surface area contributed by atoms with Crippen molar-refractivity contribution < 1.29 is 42.1 Å². The highest BCUT2D eigenvalue weighted by molar-refractivity contribution is 7.47. The van der Waals surface area contributed by atoms with Gasteiger partial charge in [0.2, 0.25) is 0 Å². The molecule has 0 rings (SSSR count). The Hall–Kier alpha value is -2.29. The highest BCUT2D eigenvalue weighted by Gasteiger charge is 2.27. The molecule has 2 atom stereocenters. The predicted octanol–water partition coefficient (Wildman–Crippen LogP) is 17.5. The number of carbonyl (C=O) groups is 2. The quantitative estimate of drug-likeness (QED) is 0.0211. The molecule has 0 spiro atoms. The van der Waals surface area contributed by atoms with E-state index in [4.69, 9.17) is 18.5 Å². The van der Waals surface area contributed by atoms with Gasteiger partial charge in [0, 0.05) is 12.8 Å². The Bertz CT molecular complexity index is 1350. The number of phosphoric acid groups is 1. The molecule has 9 nitrogen and oxygen atoms in total. The van der Waals surface area contributed by atoms with Crippen LogP contribution in [0.5, 0.6) is 0 Å². The first-order chi connectivity index (χ1) is 33.5. The third-order valence-electron chi connectivity index (χ3n) is 12.3. The van der Waals surface area contributed by atoms with Gasteiger partial charge in [0.15, 0.2) is 6.10 Å². The van der Waals surface area contributed by atoms with E-state index in [2.05, 4.69) is 74.6 Å². The van der Waals surface area contributed by atoms with Gasteiger partial charge < -0.3 is 18.9 Å². The molecule has 0 heterocycles. The molecule has 0 aliphatic rings. The predicted molar refractivity (Wildman–Crippen MR) is 293 cm³/mol. The smallest absolute Gasteiger partial charge is 0.462 e. The maximum atomic E-state index is 12.8. The van der Waals surface area contributed by atoms with Crippen molar-refractivity contribution in [1.29, 1.82) is 0 Å². The van der Waals surface area contributed by atoms with Gasteiger partial charge in [0.1, 0.15) is 19.8 Å². The Morgan fingerprint density at radius 1 is 0.464 bits per heavy atom. The molecule has 0 bridgehead atoms. The Balaban J connectivity index is 4.11. The van der Waals surface area contributed by atoms with Crippen molar-refractivity contribution in [3.8, 4) is 0 Å². The van der Waals surface area contributed by atoms with Crippen LogP contribution in [0.25, 0.3) is 0 Å². The van der Waals surface area contributed by atoms with Gasteiger partial charge in [0.05, 0.1) is 27.7 Å². The van der Waals surface area contributed by atoms with E-state index in [9.17, 15) is 19.0 Å². The summed E-state index contributed by atoms with van der Waals surface area (Å²) in [4.78, 5) is 35.6. The van der Waals surface area contributed by atoms with Gasteiger partial charge in [-0.05, 0) is 77.0 Å². The number of hydrogen-bond acceptors (Lipinski definition) is 7. The average molecular weight is 991 g/mol. The molecule has 0 radical (unpaired) electrons. The molecular weight excluding hydrogens is 882 g/mol. The van der Waals surface area contributed by atoms with Gasteiger partial charge in [-0.15, -0.1) is 0 Å². The monoisotopic (exact) mass is 991 g/mol. The molecule has 0 saturated heterocycles. The zero-order valence-corrected chi connectivity index (χ0v) is 46.4. The summed E-state index contributed by atoms with van der Waals surface area (Å²) in [6, 6.07) is 0. The number of phosphoric ester groups is 1. The molecule has 0 fully saturated rings. The fraction of sp³-hybridized carbons (Fsp3) is 0.797. The maximum Gasteiger partial charge on any atom is 0.472 e. The number of rotatable bonds is 52. The van der Waals surface area contributed by atoms with Gasteiger partial charge in [0.25, 0.3) is 0 Å². The van der Waals surface area contributed by atoms with Gasteiger partial charge in [-0.1, -0.05) is 222 Å². The minimum atomic E-state index is -4.39. The van der Waals surface area contributed by atoms with Crippen LogP contribution in [0.2, 0.25) is 0 Å². The molecule has 69 heavy (non-hydrogen) atoms. The van der Waals surface area contributed by atoms with E-state index in [1.54, 1.807) is 0 Å². The van der Waals surface area contributed by atoms with E-state index in [0.29, 0.717) is 17.4 Å². The lowest BCUT2D eigenvalue weighted by atomic mass is 10.0. The lowest BCUT2D eigenvalue weighted by Crippen LogP contribution is -2.37. The van der Waals surface area contributed by atoms with Crippen LogP contribution in [-0.2, 0) is 32.7 Å². The molecule has 0 aliphatic heterocycles. The summed E-state index contributed by atoms with van der Waals surface area (Å²) in [5.74, 6) is -0.801. The zero-order chi connectivity index (χ0) is 50.6. The summed E-state index contributed by atoms with van der Waals surface area (Å²) in [5.41, 5.74) is 0. The third-order valence-corrected chi connectivity index (χ3v) is 13.3. The summed E-state index contributed by atoms with van der Waals surface area (Å²) < 4.78 is 34.5. The van der Waals surface area contributed by atoms with E-state index in [1.807, 2.05) is 21.1 Å². The largest absolute Gasteiger partial charge is 0.472 e. The van der Waals surface area contributed by atoms with E-state index >= 15 is 0 Å². The van der Waals surface area contributed by atoms with Crippen molar-refractivity contribution in [2.45, 2.75) is 258 Å². The van der Waals surface area contributed by atoms with Gasteiger partial charge >= 0.3 is 19.8 Å². The van der Waals surface area contributed by atoms with Gasteiger partial charge in [-0.2, -0.15) is 0 Å². The van der Waals surface area contributed by atoms with Crippen LogP contribution in [0, 0.1) is 0 Å². The van der Waals surface area contributed by atoms with E-state index in [0.717, 1.165) is 77.0 Å². The Morgan fingerprint density at radius 2 is 0.826 bits per heavy atom. The Morgan fingerprint density at radius 3 is 1.25 bits per heavy atom. The fourth-order valence-corrected chi connectivity index (χ4v) is 8.63. The zero-order valence-electron chi connectivity index (χ0n) is 45.5. The molecule has 0 aromatic heterocycles. The van der Waals surface area contributed by atoms with Crippen LogP contribution in [0.1, 0.15) is 251 Å². The summed E-state index contributed by atoms with van der Waals surface area (Å²) in [6.07, 6.45) is 64.3. The van der Waals surface area contributed by atoms with Crippen LogP contribution in [0.15, 0.2) is 60.8 Å². The van der Waals surface area contributed by atoms with Crippen LogP contribution < -0.4 is 0 Å². The minimum absolute atomic E-state index is 0.0301. The van der Waals surface area contributed by atoms with E-state index in [-0.39, 0.29) is 32.0 Å². The maximum absolute atomic E-state index is 12.8. The lowest BCUT2D eigenvalue weighted by Gasteiger charge is -2.24. The molecule has 0 aromatic rings. The molecule has 402 valence electrons. The second-order valence-corrected chi connectivity index (χ2v) is 21.7. The highest BCUT2D eigenvalue weighted by atomic mass is 31.2. The summed E-state index contributed by atoms with van der Waals surface area (Å²) in [5, 5.41) is 0. The minimum Gasteiger partial charge on any atom is -0.462 e. The van der Waals surface area contributed by atoms with Crippen molar-refractivity contribution in [3.63, 3.8) is 0 Å². The topological polar surface area (TPSA) is 108 Å². The van der Waals surface area contributed by atoms with Crippen molar-refractivity contribution in [1.82, 2.24) is 0 Å². The third kappa shape index (κ3) is 54.9. The Kier molecular flexibility index (Phi) is 49.0. The highest BCUT2D eigenvalue weighted by Crippen LogP contribution is 2.43. The summed E-state index contributed by atoms with van der Waals surface area (Å²) in [7, 11) is 1.48. The first kappa shape index (κ1) is 66.7. The van der Waals surface area contributed by atoms with E-state index < -0.39 is 26.5 Å². The number of ether oxygens (including phenoxy) is 2. The number of esters is 2. The SMILES string of the molecule is CC/C=C\C/C=C\C/C=C\C/C=C\CCCCCCCCCCCCCCCCCCC(=O)OC(COC(=O)CCCCCCC/C=C\CCCCCCCCC)COP(=O)(O)OCC[N+](C)(C)C. The molecule has 0 amide bonds. The first-order valence-electron chi connectivity index (χ1n) is 28.5. The Labute approximate surface area is 426 Å². The van der Waals surface area contributed by atoms with Crippen molar-refractivity contribution >= 4 is 19.8 Å². The molecule has 0 aromatic carbocycles. The fourth-order valence-electron chi connectivity index (χ4n) is 7.88. The van der Waals surface area contributed by atoms with E-state index in [1.165, 1.54) is 141 Å². The number of quaternary nitrogens is 1. The number of nitrogens with zero attached hydrogens (tertiary/aromatic N) is 1. The number of allylic oxidation sites excluding steroid dienone is 10. The van der Waals surface area contributed by atoms with Crippen molar-refractivity contribution in [3.05, 3.63) is 60.8 Å². The van der Waals surface area contributed by atoms with Crippen LogP contribution >= 0.6 is 7.82 Å². The number of likely N-dealkylation sites (N-methyl/N-ethyl adjacent to an activating group) is 1. The standard InChI is InChI=1S/C59H108NO8P/c1-6-8-10-12-14-16-18-20-22-24-25-26-27-28-29-30-31-32-33-34-35-36-38-40-42-44-46-48-50-52-59(62)68-57(56-67-69(63,64)66-54-53-60(3,4)5)55-65-58(61)51-49-47-45-43-41-39-37-23-21-19-17-15-13-11-9-7-2/h8,10,14,16,20,22-23,25-26,37,57H,6-7,9,11-13,15,17-19,21,24,27-36,38-56H2,1-5H3/p+1/b10-8-,16-14-,22-20-,26-25-,37-23-. The molecule has 10 heteroatoms. The number of carbonyl (C=O) groups excluding carboxylic acids is 2. The van der Waals surface area contributed by atoms with Crippen LogP contribution in [-0.4, -0.2) is 74.9 Å². The average Bonchev–Trinajstić information content (AvgIpc) is 3.31.